The lowest BCUT2D eigenvalue weighted by Crippen LogP contribution is -2.54. The van der Waals surface area contributed by atoms with Crippen molar-refractivity contribution in [2.24, 2.45) is 5.73 Å². The summed E-state index contributed by atoms with van der Waals surface area (Å²) in [5.41, 5.74) is 5.84. The molecule has 106 valence electrons. The molecule has 1 aliphatic heterocycles. The first kappa shape index (κ1) is 15.8. The van der Waals surface area contributed by atoms with Crippen molar-refractivity contribution in [3.63, 3.8) is 0 Å². The van der Waals surface area contributed by atoms with Gasteiger partial charge in [0.25, 0.3) is 0 Å². The molecule has 4 nitrogen and oxygen atoms in total. The number of nitrogens with two attached hydrogens (primary N) is 1. The van der Waals surface area contributed by atoms with Gasteiger partial charge in [0.05, 0.1) is 17.6 Å². The molecule has 1 unspecified atom stereocenters. The van der Waals surface area contributed by atoms with E-state index in [1.54, 1.807) is 0 Å². The highest BCUT2D eigenvalue weighted by molar-refractivity contribution is 7.80. The second kappa shape index (κ2) is 8.80. The van der Waals surface area contributed by atoms with Gasteiger partial charge in [0, 0.05) is 39.3 Å². The summed E-state index contributed by atoms with van der Waals surface area (Å²) in [7, 11) is 0. The topological polar surface area (TPSA) is 41.7 Å². The van der Waals surface area contributed by atoms with Crippen LogP contribution in [0.5, 0.6) is 0 Å². The zero-order valence-electron chi connectivity index (χ0n) is 11.7. The van der Waals surface area contributed by atoms with E-state index in [0.717, 1.165) is 58.8 Å². The van der Waals surface area contributed by atoms with Crippen LogP contribution in [-0.4, -0.2) is 66.8 Å². The summed E-state index contributed by atoms with van der Waals surface area (Å²) in [4.78, 5) is 5.54. The fourth-order valence-corrected chi connectivity index (χ4v) is 2.68. The van der Waals surface area contributed by atoms with E-state index < -0.39 is 0 Å². The molecule has 1 rings (SSSR count). The molecule has 2 N–H and O–H groups in total. The van der Waals surface area contributed by atoms with E-state index in [1.165, 1.54) is 0 Å². The Kier molecular flexibility index (Phi) is 7.74. The van der Waals surface area contributed by atoms with Crippen LogP contribution in [0.1, 0.15) is 26.7 Å². The van der Waals surface area contributed by atoms with Crippen LogP contribution in [0.3, 0.4) is 0 Å². The van der Waals surface area contributed by atoms with Crippen LogP contribution in [0.2, 0.25) is 0 Å². The number of hydrogen-bond acceptors (Lipinski definition) is 4. The minimum atomic E-state index is 0.291. The summed E-state index contributed by atoms with van der Waals surface area (Å²) in [6.45, 7) is 11.2. The fourth-order valence-electron chi connectivity index (χ4n) is 2.41. The van der Waals surface area contributed by atoms with Crippen LogP contribution in [-0.2, 0) is 4.74 Å². The van der Waals surface area contributed by atoms with Gasteiger partial charge in [-0.15, -0.1) is 0 Å². The first-order chi connectivity index (χ1) is 8.69. The largest absolute Gasteiger partial charge is 0.392 e. The van der Waals surface area contributed by atoms with E-state index in [1.807, 2.05) is 6.92 Å². The highest BCUT2D eigenvalue weighted by Gasteiger charge is 2.24. The number of rotatable bonds is 8. The smallest absolute Gasteiger partial charge is 0.0902 e. The minimum Gasteiger partial charge on any atom is -0.392 e. The lowest BCUT2D eigenvalue weighted by atomic mass is 10.1. The minimum absolute atomic E-state index is 0.291. The predicted molar refractivity (Wildman–Crippen MR) is 80.0 cm³/mol. The Bertz CT molecular complexity index is 242. The Morgan fingerprint density at radius 1 is 1.28 bits per heavy atom. The Hall–Kier alpha value is -0.230. The lowest BCUT2D eigenvalue weighted by molar-refractivity contribution is 0.0736. The molecule has 5 heteroatoms. The van der Waals surface area contributed by atoms with E-state index >= 15 is 0 Å². The summed E-state index contributed by atoms with van der Waals surface area (Å²) in [6, 6.07) is 0.291. The van der Waals surface area contributed by atoms with E-state index in [4.69, 9.17) is 22.7 Å². The maximum absolute atomic E-state index is 5.84. The van der Waals surface area contributed by atoms with E-state index in [2.05, 4.69) is 16.7 Å². The van der Waals surface area contributed by atoms with Crippen molar-refractivity contribution in [1.29, 1.82) is 0 Å². The third kappa shape index (κ3) is 5.18. The maximum atomic E-state index is 5.84. The van der Waals surface area contributed by atoms with Gasteiger partial charge in [0.1, 0.15) is 0 Å². The molecule has 0 aliphatic carbocycles. The van der Waals surface area contributed by atoms with Crippen LogP contribution in [0.15, 0.2) is 0 Å². The molecule has 0 aromatic carbocycles. The molecule has 1 atom stereocenters. The summed E-state index contributed by atoms with van der Waals surface area (Å²) in [5, 5.41) is 0. The number of piperazine rings is 1. The van der Waals surface area contributed by atoms with Crippen LogP contribution in [0.25, 0.3) is 0 Å². The summed E-state index contributed by atoms with van der Waals surface area (Å²) in [5.74, 6) is 0. The molecular weight excluding hydrogens is 246 g/mol. The predicted octanol–water partition coefficient (Wildman–Crippen LogP) is 1.10. The van der Waals surface area contributed by atoms with Crippen LogP contribution in [0, 0.1) is 0 Å². The van der Waals surface area contributed by atoms with Gasteiger partial charge in [-0.1, -0.05) is 25.6 Å². The van der Waals surface area contributed by atoms with Crippen molar-refractivity contribution < 1.29 is 4.74 Å². The van der Waals surface area contributed by atoms with E-state index in [9.17, 15) is 0 Å². The van der Waals surface area contributed by atoms with E-state index in [0.29, 0.717) is 11.0 Å². The summed E-state index contributed by atoms with van der Waals surface area (Å²) >= 11 is 5.18. The van der Waals surface area contributed by atoms with Crippen LogP contribution in [0.4, 0.5) is 0 Å². The standard InChI is InChI=1S/C13H27N3OS/c1-3-5-12(13(14)18)16-8-6-15(7-9-16)10-11-17-4-2/h12H,3-11H2,1-2H3,(H2,14,18). The number of hydrogen-bond donors (Lipinski definition) is 1. The number of ether oxygens (including phenoxy) is 1. The molecule has 1 fully saturated rings. The van der Waals surface area contributed by atoms with Crippen molar-refractivity contribution in [3.05, 3.63) is 0 Å². The second-order valence-corrected chi connectivity index (χ2v) is 5.25. The summed E-state index contributed by atoms with van der Waals surface area (Å²) in [6.07, 6.45) is 2.21. The Balaban J connectivity index is 2.30. The van der Waals surface area contributed by atoms with Gasteiger partial charge in [0.15, 0.2) is 0 Å². The molecule has 0 amide bonds. The first-order valence-electron chi connectivity index (χ1n) is 7.02. The lowest BCUT2D eigenvalue weighted by Gasteiger charge is -2.38. The number of thiocarbonyl (C=S) groups is 1. The van der Waals surface area contributed by atoms with Crippen LogP contribution < -0.4 is 5.73 Å². The van der Waals surface area contributed by atoms with Crippen molar-refractivity contribution in [3.8, 4) is 0 Å². The van der Waals surface area contributed by atoms with Gasteiger partial charge in [-0.3, -0.25) is 9.80 Å². The summed E-state index contributed by atoms with van der Waals surface area (Å²) < 4.78 is 5.39. The molecule has 1 heterocycles. The van der Waals surface area contributed by atoms with Gasteiger partial charge in [0.2, 0.25) is 0 Å². The number of nitrogens with zero attached hydrogens (tertiary/aromatic N) is 2. The van der Waals surface area contributed by atoms with Crippen LogP contribution >= 0.6 is 12.2 Å². The average molecular weight is 273 g/mol. The third-order valence-corrected chi connectivity index (χ3v) is 3.77. The molecule has 0 bridgehead atoms. The zero-order chi connectivity index (χ0) is 13.4. The second-order valence-electron chi connectivity index (χ2n) is 4.78. The van der Waals surface area contributed by atoms with Crippen molar-refractivity contribution >= 4 is 17.2 Å². The van der Waals surface area contributed by atoms with Gasteiger partial charge in [-0.2, -0.15) is 0 Å². The molecule has 0 aromatic rings. The normalized spacial score (nSPS) is 19.9. The Labute approximate surface area is 116 Å². The van der Waals surface area contributed by atoms with Crippen molar-refractivity contribution in [1.82, 2.24) is 9.80 Å². The van der Waals surface area contributed by atoms with Crippen molar-refractivity contribution in [2.45, 2.75) is 32.7 Å². The molecule has 0 radical (unpaired) electrons. The molecule has 0 saturated carbocycles. The van der Waals surface area contributed by atoms with Gasteiger partial charge in [-0.05, 0) is 13.3 Å². The molecule has 0 aromatic heterocycles. The molecule has 0 spiro atoms. The highest BCUT2D eigenvalue weighted by Crippen LogP contribution is 2.11. The molecular formula is C13H27N3OS. The SMILES string of the molecule is CCCC(C(N)=S)N1CCN(CCOCC)CC1. The Morgan fingerprint density at radius 2 is 1.94 bits per heavy atom. The van der Waals surface area contributed by atoms with Gasteiger partial charge < -0.3 is 10.5 Å². The van der Waals surface area contributed by atoms with Gasteiger partial charge in [-0.25, -0.2) is 0 Å². The zero-order valence-corrected chi connectivity index (χ0v) is 12.5. The quantitative estimate of drug-likeness (QED) is 0.530. The molecule has 1 saturated heterocycles. The molecule has 18 heavy (non-hydrogen) atoms. The first-order valence-corrected chi connectivity index (χ1v) is 7.43. The maximum Gasteiger partial charge on any atom is 0.0902 e. The highest BCUT2D eigenvalue weighted by atomic mass is 32.1. The van der Waals surface area contributed by atoms with Gasteiger partial charge >= 0.3 is 0 Å². The fraction of sp³-hybridized carbons (Fsp3) is 0.923. The van der Waals surface area contributed by atoms with E-state index in [-0.39, 0.29) is 0 Å². The Morgan fingerprint density at radius 3 is 2.44 bits per heavy atom. The monoisotopic (exact) mass is 273 g/mol. The average Bonchev–Trinajstić information content (AvgIpc) is 2.37. The van der Waals surface area contributed by atoms with Crippen molar-refractivity contribution in [2.75, 3.05) is 45.9 Å². The molecule has 1 aliphatic rings. The third-order valence-electron chi connectivity index (χ3n) is 3.49.